The van der Waals surface area contributed by atoms with Crippen molar-refractivity contribution in [3.05, 3.63) is 53.6 Å². The van der Waals surface area contributed by atoms with E-state index in [0.29, 0.717) is 11.4 Å². The number of aryl methyl sites for hydroxylation is 1. The fourth-order valence-electron chi connectivity index (χ4n) is 2.46. The second-order valence-electron chi connectivity index (χ2n) is 6.77. The van der Waals surface area contributed by atoms with E-state index >= 15 is 0 Å². The molecule has 2 aromatic rings. The Morgan fingerprint density at radius 2 is 1.67 bits per heavy atom. The molecule has 0 bridgehead atoms. The number of hydrogen-bond acceptors (Lipinski definition) is 3. The molecule has 0 aliphatic carbocycles. The molecule has 0 spiro atoms. The molecule has 5 heteroatoms. The van der Waals surface area contributed by atoms with E-state index in [0.717, 1.165) is 17.5 Å². The predicted octanol–water partition coefficient (Wildman–Crippen LogP) is 4.36. The van der Waals surface area contributed by atoms with Crippen LogP contribution in [0.5, 0.6) is 5.75 Å². The summed E-state index contributed by atoms with van der Waals surface area (Å²) in [6.45, 7) is 8.14. The maximum absolute atomic E-state index is 12.7. The topological polar surface area (TPSA) is 55.4 Å². The summed E-state index contributed by atoms with van der Waals surface area (Å²) < 4.78 is 33.4. The second kappa shape index (κ2) is 6.85. The highest BCUT2D eigenvalue weighted by atomic mass is 32.2. The zero-order valence-electron chi connectivity index (χ0n) is 14.9. The van der Waals surface area contributed by atoms with Crippen molar-refractivity contribution in [1.82, 2.24) is 0 Å². The Kier molecular flexibility index (Phi) is 5.23. The Morgan fingerprint density at radius 3 is 2.17 bits per heavy atom. The van der Waals surface area contributed by atoms with E-state index in [1.54, 1.807) is 37.4 Å². The van der Waals surface area contributed by atoms with Crippen LogP contribution in [-0.2, 0) is 21.9 Å². The largest absolute Gasteiger partial charge is 0.496 e. The Morgan fingerprint density at radius 1 is 1.04 bits per heavy atom. The highest BCUT2D eigenvalue weighted by Gasteiger charge is 2.23. The van der Waals surface area contributed by atoms with E-state index in [2.05, 4.69) is 11.6 Å². The van der Waals surface area contributed by atoms with Gasteiger partial charge in [-0.25, -0.2) is 8.42 Å². The summed E-state index contributed by atoms with van der Waals surface area (Å²) in [5.74, 6) is 0.689. The van der Waals surface area contributed by atoms with Gasteiger partial charge in [0.05, 0.1) is 12.0 Å². The van der Waals surface area contributed by atoms with Gasteiger partial charge in [0.25, 0.3) is 10.0 Å². The lowest BCUT2D eigenvalue weighted by atomic mass is 9.86. The quantitative estimate of drug-likeness (QED) is 0.874. The molecule has 24 heavy (non-hydrogen) atoms. The molecule has 0 saturated carbocycles. The average Bonchev–Trinajstić information content (AvgIpc) is 2.53. The van der Waals surface area contributed by atoms with E-state index in [-0.39, 0.29) is 10.3 Å². The molecule has 4 nitrogen and oxygen atoms in total. The summed E-state index contributed by atoms with van der Waals surface area (Å²) in [5.41, 5.74) is 2.35. The second-order valence-corrected chi connectivity index (χ2v) is 8.45. The Bertz CT molecular complexity index is 803. The van der Waals surface area contributed by atoms with Crippen molar-refractivity contribution in [3.8, 4) is 5.75 Å². The minimum Gasteiger partial charge on any atom is -0.496 e. The van der Waals surface area contributed by atoms with Crippen LogP contribution >= 0.6 is 0 Å². The van der Waals surface area contributed by atoms with Gasteiger partial charge in [-0.1, -0.05) is 39.8 Å². The zero-order chi connectivity index (χ0) is 18.0. The van der Waals surface area contributed by atoms with Crippen LogP contribution in [0.4, 0.5) is 5.69 Å². The molecule has 130 valence electrons. The van der Waals surface area contributed by atoms with Crippen molar-refractivity contribution in [2.24, 2.45) is 0 Å². The van der Waals surface area contributed by atoms with Crippen molar-refractivity contribution in [2.75, 3.05) is 11.8 Å². The van der Waals surface area contributed by atoms with Crippen LogP contribution in [0, 0.1) is 0 Å². The molecule has 1 N–H and O–H groups in total. The van der Waals surface area contributed by atoms with Crippen LogP contribution in [0.15, 0.2) is 47.4 Å². The van der Waals surface area contributed by atoms with E-state index in [4.69, 9.17) is 4.74 Å². The van der Waals surface area contributed by atoms with Crippen LogP contribution in [0.25, 0.3) is 0 Å². The first-order chi connectivity index (χ1) is 11.2. The third kappa shape index (κ3) is 4.09. The fraction of sp³-hybridized carbons (Fsp3) is 0.368. The number of rotatable bonds is 5. The molecule has 0 heterocycles. The monoisotopic (exact) mass is 347 g/mol. The van der Waals surface area contributed by atoms with Crippen LogP contribution in [0.2, 0.25) is 0 Å². The predicted molar refractivity (Wildman–Crippen MR) is 98.3 cm³/mol. The van der Waals surface area contributed by atoms with Gasteiger partial charge in [0, 0.05) is 11.3 Å². The summed E-state index contributed by atoms with van der Waals surface area (Å²) in [4.78, 5) is 0.229. The van der Waals surface area contributed by atoms with E-state index < -0.39 is 10.0 Å². The number of sulfonamides is 1. The van der Waals surface area contributed by atoms with Crippen molar-refractivity contribution in [1.29, 1.82) is 0 Å². The van der Waals surface area contributed by atoms with Gasteiger partial charge in [-0.3, -0.25) is 4.72 Å². The standard InChI is InChI=1S/C19H25NO3S/c1-6-14-7-9-15(10-8-14)20-24(21,22)16-11-12-18(23-5)17(13-16)19(2,3)4/h7-13,20H,6H2,1-5H3. The lowest BCUT2D eigenvalue weighted by molar-refractivity contribution is 0.397. The molecule has 0 amide bonds. The van der Waals surface area contributed by atoms with Gasteiger partial charge < -0.3 is 4.74 Å². The number of benzene rings is 2. The highest BCUT2D eigenvalue weighted by Crippen LogP contribution is 2.33. The molecule has 0 aliphatic rings. The Balaban J connectivity index is 2.38. The van der Waals surface area contributed by atoms with Crippen molar-refractivity contribution in [2.45, 2.75) is 44.4 Å². The first kappa shape index (κ1) is 18.3. The summed E-state index contributed by atoms with van der Waals surface area (Å²) >= 11 is 0. The number of ether oxygens (including phenoxy) is 1. The highest BCUT2D eigenvalue weighted by molar-refractivity contribution is 7.92. The first-order valence-corrected chi connectivity index (χ1v) is 9.46. The Hall–Kier alpha value is -2.01. The lowest BCUT2D eigenvalue weighted by Gasteiger charge is -2.23. The zero-order valence-corrected chi connectivity index (χ0v) is 15.7. The third-order valence-electron chi connectivity index (χ3n) is 3.90. The van der Waals surface area contributed by atoms with Gasteiger partial charge in [0.1, 0.15) is 5.75 Å². The molecule has 0 fully saturated rings. The van der Waals surface area contributed by atoms with Gasteiger partial charge in [0.2, 0.25) is 0 Å². The molecule has 0 aromatic heterocycles. The molecule has 0 atom stereocenters. The van der Waals surface area contributed by atoms with Crippen LogP contribution < -0.4 is 9.46 Å². The fourth-order valence-corrected chi connectivity index (χ4v) is 3.55. The van der Waals surface area contributed by atoms with Crippen LogP contribution in [0.3, 0.4) is 0 Å². The summed E-state index contributed by atoms with van der Waals surface area (Å²) in [6.07, 6.45) is 0.917. The van der Waals surface area contributed by atoms with Gasteiger partial charge in [0.15, 0.2) is 0 Å². The minimum absolute atomic E-state index is 0.223. The molecule has 0 radical (unpaired) electrons. The third-order valence-corrected chi connectivity index (χ3v) is 5.28. The number of hydrogen-bond donors (Lipinski definition) is 1. The summed E-state index contributed by atoms with van der Waals surface area (Å²) in [6, 6.07) is 12.4. The number of methoxy groups -OCH3 is 1. The van der Waals surface area contributed by atoms with E-state index in [9.17, 15) is 8.42 Å². The van der Waals surface area contributed by atoms with Gasteiger partial charge in [-0.2, -0.15) is 0 Å². The Labute approximate surface area is 144 Å². The molecule has 2 rings (SSSR count). The number of nitrogens with one attached hydrogen (secondary N) is 1. The van der Waals surface area contributed by atoms with Crippen molar-refractivity contribution >= 4 is 15.7 Å². The molecule has 0 unspecified atom stereocenters. The average molecular weight is 347 g/mol. The van der Waals surface area contributed by atoms with Gasteiger partial charge in [-0.05, 0) is 47.7 Å². The lowest BCUT2D eigenvalue weighted by Crippen LogP contribution is -2.17. The molecule has 2 aromatic carbocycles. The van der Waals surface area contributed by atoms with E-state index in [1.165, 1.54) is 0 Å². The molecular weight excluding hydrogens is 322 g/mol. The number of anilines is 1. The summed E-state index contributed by atoms with van der Waals surface area (Å²) in [5, 5.41) is 0. The van der Waals surface area contributed by atoms with E-state index in [1.807, 2.05) is 32.9 Å². The van der Waals surface area contributed by atoms with Crippen molar-refractivity contribution in [3.63, 3.8) is 0 Å². The normalized spacial score (nSPS) is 12.0. The maximum Gasteiger partial charge on any atom is 0.261 e. The van der Waals surface area contributed by atoms with Crippen molar-refractivity contribution < 1.29 is 13.2 Å². The maximum atomic E-state index is 12.7. The minimum atomic E-state index is -3.65. The van der Waals surface area contributed by atoms with Gasteiger partial charge in [-0.15, -0.1) is 0 Å². The first-order valence-electron chi connectivity index (χ1n) is 7.97. The smallest absolute Gasteiger partial charge is 0.261 e. The molecule has 0 saturated heterocycles. The molecular formula is C19H25NO3S. The SMILES string of the molecule is CCc1ccc(NS(=O)(=O)c2ccc(OC)c(C(C)(C)C)c2)cc1. The van der Waals surface area contributed by atoms with Crippen LogP contribution in [0.1, 0.15) is 38.8 Å². The van der Waals surface area contributed by atoms with Crippen LogP contribution in [-0.4, -0.2) is 15.5 Å². The van der Waals surface area contributed by atoms with Gasteiger partial charge >= 0.3 is 0 Å². The molecule has 0 aliphatic heterocycles. The summed E-state index contributed by atoms with van der Waals surface area (Å²) in [7, 11) is -2.06.